The third-order valence-corrected chi connectivity index (χ3v) is 5.73. The summed E-state index contributed by atoms with van der Waals surface area (Å²) in [6.07, 6.45) is 5.21. The van der Waals surface area contributed by atoms with E-state index in [0.717, 1.165) is 78.3 Å². The van der Waals surface area contributed by atoms with E-state index in [1.165, 1.54) is 5.69 Å². The number of likely N-dealkylation sites (tertiary alicyclic amines) is 1. The minimum absolute atomic E-state index is 0.289. The zero-order valence-electron chi connectivity index (χ0n) is 15.0. The highest BCUT2D eigenvalue weighted by Gasteiger charge is 2.29. The summed E-state index contributed by atoms with van der Waals surface area (Å²) in [7, 11) is 0. The number of carbonyl (C=O) groups excluding carboxylic acids is 1. The summed E-state index contributed by atoms with van der Waals surface area (Å²) in [6, 6.07) is 2.48. The Morgan fingerprint density at radius 1 is 1.16 bits per heavy atom. The first-order valence-electron chi connectivity index (χ1n) is 9.62. The molecule has 0 saturated carbocycles. The number of fused-ring (bicyclic) bond motifs is 1. The van der Waals surface area contributed by atoms with Crippen molar-refractivity contribution in [1.29, 1.82) is 0 Å². The van der Waals surface area contributed by atoms with Crippen LogP contribution < -0.4 is 0 Å². The largest absolute Gasteiger partial charge is 0.379 e. The van der Waals surface area contributed by atoms with E-state index in [9.17, 15) is 4.79 Å². The van der Waals surface area contributed by atoms with E-state index in [2.05, 4.69) is 25.6 Å². The SMILES string of the molecule is O=C(CN1Cc2ccnn2CCC1CN1CCOCC1)N1CCCC1. The molecule has 0 spiro atoms. The lowest BCUT2D eigenvalue weighted by molar-refractivity contribution is -0.132. The Balaban J connectivity index is 1.45. The number of aromatic nitrogens is 2. The number of hydrogen-bond donors (Lipinski definition) is 0. The van der Waals surface area contributed by atoms with Crippen LogP contribution in [0.2, 0.25) is 0 Å². The summed E-state index contributed by atoms with van der Waals surface area (Å²) in [6.45, 7) is 8.78. The van der Waals surface area contributed by atoms with Gasteiger partial charge < -0.3 is 9.64 Å². The molecular formula is C18H29N5O2. The molecule has 138 valence electrons. The van der Waals surface area contributed by atoms with Gasteiger partial charge in [-0.2, -0.15) is 5.10 Å². The molecular weight excluding hydrogens is 318 g/mol. The number of nitrogens with zero attached hydrogens (tertiary/aromatic N) is 5. The van der Waals surface area contributed by atoms with Gasteiger partial charge in [-0.25, -0.2) is 0 Å². The molecule has 25 heavy (non-hydrogen) atoms. The summed E-state index contributed by atoms with van der Waals surface area (Å²) >= 11 is 0. The molecule has 7 nitrogen and oxygen atoms in total. The van der Waals surface area contributed by atoms with Crippen LogP contribution in [0.1, 0.15) is 25.0 Å². The predicted octanol–water partition coefficient (Wildman–Crippen LogP) is 0.412. The van der Waals surface area contributed by atoms with Gasteiger partial charge in [0, 0.05) is 58.1 Å². The highest BCUT2D eigenvalue weighted by molar-refractivity contribution is 5.78. The lowest BCUT2D eigenvalue weighted by Crippen LogP contribution is -2.49. The Labute approximate surface area is 149 Å². The molecule has 1 atom stereocenters. The Morgan fingerprint density at radius 2 is 1.96 bits per heavy atom. The number of rotatable bonds is 4. The van der Waals surface area contributed by atoms with Crippen molar-refractivity contribution in [1.82, 2.24) is 24.5 Å². The number of hydrogen-bond acceptors (Lipinski definition) is 5. The minimum Gasteiger partial charge on any atom is -0.379 e. The van der Waals surface area contributed by atoms with E-state index >= 15 is 0 Å². The lowest BCUT2D eigenvalue weighted by Gasteiger charge is -2.36. The van der Waals surface area contributed by atoms with Crippen molar-refractivity contribution >= 4 is 5.91 Å². The molecule has 4 rings (SSSR count). The van der Waals surface area contributed by atoms with Crippen molar-refractivity contribution in [2.75, 3.05) is 52.5 Å². The number of ether oxygens (including phenoxy) is 1. The predicted molar refractivity (Wildman–Crippen MR) is 94.1 cm³/mol. The Kier molecular flexibility index (Phi) is 5.33. The van der Waals surface area contributed by atoms with Gasteiger partial charge >= 0.3 is 0 Å². The van der Waals surface area contributed by atoms with E-state index in [-0.39, 0.29) is 5.91 Å². The summed E-state index contributed by atoms with van der Waals surface area (Å²) in [5.74, 6) is 0.289. The molecule has 3 aliphatic heterocycles. The Morgan fingerprint density at radius 3 is 2.76 bits per heavy atom. The molecule has 2 saturated heterocycles. The zero-order valence-corrected chi connectivity index (χ0v) is 15.0. The van der Waals surface area contributed by atoms with Gasteiger partial charge in [-0.3, -0.25) is 19.3 Å². The van der Waals surface area contributed by atoms with Crippen molar-refractivity contribution in [3.63, 3.8) is 0 Å². The van der Waals surface area contributed by atoms with Gasteiger partial charge in [0.25, 0.3) is 0 Å². The first kappa shape index (κ1) is 17.0. The second kappa shape index (κ2) is 7.85. The van der Waals surface area contributed by atoms with E-state index in [4.69, 9.17) is 4.74 Å². The molecule has 7 heteroatoms. The maximum Gasteiger partial charge on any atom is 0.236 e. The molecule has 1 unspecified atom stereocenters. The number of morpholine rings is 1. The van der Waals surface area contributed by atoms with Crippen LogP contribution >= 0.6 is 0 Å². The van der Waals surface area contributed by atoms with Crippen LogP contribution in [0.5, 0.6) is 0 Å². The normalized spacial score (nSPS) is 25.8. The average Bonchev–Trinajstić information content (AvgIpc) is 3.29. The van der Waals surface area contributed by atoms with Crippen LogP contribution in [0, 0.1) is 0 Å². The van der Waals surface area contributed by atoms with Gasteiger partial charge in [-0.05, 0) is 25.3 Å². The lowest BCUT2D eigenvalue weighted by atomic mass is 10.1. The molecule has 2 fully saturated rings. The summed E-state index contributed by atoms with van der Waals surface area (Å²) < 4.78 is 7.58. The molecule has 0 bridgehead atoms. The zero-order chi connectivity index (χ0) is 17.1. The van der Waals surface area contributed by atoms with E-state index in [0.29, 0.717) is 12.6 Å². The van der Waals surface area contributed by atoms with Crippen molar-refractivity contribution in [2.24, 2.45) is 0 Å². The standard InChI is InChI=1S/C18H29N5O2/c24-18(21-6-1-2-7-21)15-22-14-17-3-5-19-23(17)8-4-16(22)13-20-9-11-25-12-10-20/h3,5,16H,1-2,4,6-15H2. The summed E-state index contributed by atoms with van der Waals surface area (Å²) in [5, 5.41) is 4.45. The van der Waals surface area contributed by atoms with Crippen molar-refractivity contribution in [2.45, 2.75) is 38.4 Å². The molecule has 0 aliphatic carbocycles. The van der Waals surface area contributed by atoms with E-state index in [1.54, 1.807) is 0 Å². The van der Waals surface area contributed by atoms with Crippen LogP contribution in [0.4, 0.5) is 0 Å². The van der Waals surface area contributed by atoms with Gasteiger partial charge in [0.15, 0.2) is 0 Å². The van der Waals surface area contributed by atoms with Crippen molar-refractivity contribution in [3.8, 4) is 0 Å². The smallest absolute Gasteiger partial charge is 0.236 e. The highest BCUT2D eigenvalue weighted by atomic mass is 16.5. The third kappa shape index (κ3) is 4.04. The van der Waals surface area contributed by atoms with Gasteiger partial charge in [0.05, 0.1) is 25.5 Å². The molecule has 4 heterocycles. The number of aryl methyl sites for hydroxylation is 1. The molecule has 1 aromatic rings. The minimum atomic E-state index is 0.289. The van der Waals surface area contributed by atoms with Gasteiger partial charge in [0.1, 0.15) is 0 Å². The van der Waals surface area contributed by atoms with Crippen LogP contribution in [0.15, 0.2) is 12.3 Å². The highest BCUT2D eigenvalue weighted by Crippen LogP contribution is 2.19. The first-order valence-corrected chi connectivity index (χ1v) is 9.62. The summed E-state index contributed by atoms with van der Waals surface area (Å²) in [4.78, 5) is 19.6. The van der Waals surface area contributed by atoms with Crippen LogP contribution in [-0.4, -0.2) is 88.9 Å². The van der Waals surface area contributed by atoms with Crippen molar-refractivity contribution in [3.05, 3.63) is 18.0 Å². The quantitative estimate of drug-likeness (QED) is 0.790. The second-order valence-corrected chi connectivity index (χ2v) is 7.39. The molecule has 1 amide bonds. The van der Waals surface area contributed by atoms with Gasteiger partial charge in [0.2, 0.25) is 5.91 Å². The molecule has 0 radical (unpaired) electrons. The molecule has 0 aromatic carbocycles. The van der Waals surface area contributed by atoms with Crippen molar-refractivity contribution < 1.29 is 9.53 Å². The fourth-order valence-electron chi connectivity index (χ4n) is 4.20. The van der Waals surface area contributed by atoms with Crippen LogP contribution in [0.25, 0.3) is 0 Å². The maximum absolute atomic E-state index is 12.7. The summed E-state index contributed by atoms with van der Waals surface area (Å²) in [5.41, 5.74) is 1.22. The fraction of sp³-hybridized carbons (Fsp3) is 0.778. The van der Waals surface area contributed by atoms with Gasteiger partial charge in [-0.15, -0.1) is 0 Å². The number of carbonyl (C=O) groups is 1. The van der Waals surface area contributed by atoms with E-state index in [1.807, 2.05) is 11.1 Å². The Bertz CT molecular complexity index is 578. The monoisotopic (exact) mass is 347 g/mol. The molecule has 3 aliphatic rings. The maximum atomic E-state index is 12.7. The van der Waals surface area contributed by atoms with Crippen LogP contribution in [-0.2, 0) is 22.6 Å². The van der Waals surface area contributed by atoms with Gasteiger partial charge in [-0.1, -0.05) is 0 Å². The average molecular weight is 347 g/mol. The Hall–Kier alpha value is -1.44. The third-order valence-electron chi connectivity index (χ3n) is 5.73. The van der Waals surface area contributed by atoms with E-state index < -0.39 is 0 Å². The molecule has 0 N–H and O–H groups in total. The topological polar surface area (TPSA) is 53.8 Å². The molecule has 1 aromatic heterocycles. The number of amides is 1. The second-order valence-electron chi connectivity index (χ2n) is 7.39. The first-order chi connectivity index (χ1) is 12.3. The van der Waals surface area contributed by atoms with Crippen LogP contribution in [0.3, 0.4) is 0 Å². The fourth-order valence-corrected chi connectivity index (χ4v) is 4.20.